The fourth-order valence-electron chi connectivity index (χ4n) is 1.97. The van der Waals surface area contributed by atoms with Crippen LogP contribution in [0.25, 0.3) is 0 Å². The number of methoxy groups -OCH3 is 1. The maximum Gasteiger partial charge on any atom is 0.313 e. The third kappa shape index (κ3) is 2.07. The van der Waals surface area contributed by atoms with Crippen molar-refractivity contribution in [3.8, 4) is 0 Å². The average molecular weight is 223 g/mol. The normalized spacial score (nSPS) is 17.6. The molecular weight excluding hydrogens is 209 g/mol. The van der Waals surface area contributed by atoms with Crippen molar-refractivity contribution in [2.24, 2.45) is 5.92 Å². The van der Waals surface area contributed by atoms with E-state index in [0.29, 0.717) is 5.56 Å². The highest BCUT2D eigenvalue weighted by atomic mass is 19.1. The number of nitrogens with one attached hydrogen (secondary N) is 1. The lowest BCUT2D eigenvalue weighted by atomic mass is 9.82. The molecule has 0 saturated carbocycles. The van der Waals surface area contributed by atoms with Gasteiger partial charge in [-0.15, -0.1) is 0 Å². The van der Waals surface area contributed by atoms with Gasteiger partial charge in [-0.25, -0.2) is 4.39 Å². The third-order valence-corrected chi connectivity index (χ3v) is 2.95. The predicted molar refractivity (Wildman–Crippen MR) is 57.5 cm³/mol. The summed E-state index contributed by atoms with van der Waals surface area (Å²) in [6.45, 7) is 1.55. The molecule has 0 radical (unpaired) electrons. The van der Waals surface area contributed by atoms with Gasteiger partial charge in [0.15, 0.2) is 0 Å². The second kappa shape index (κ2) is 4.61. The molecule has 1 aliphatic heterocycles. The van der Waals surface area contributed by atoms with Gasteiger partial charge in [0.2, 0.25) is 0 Å². The first-order valence-corrected chi connectivity index (χ1v) is 5.26. The number of ether oxygens (including phenoxy) is 1. The topological polar surface area (TPSA) is 38.3 Å². The van der Waals surface area contributed by atoms with Crippen molar-refractivity contribution in [3.05, 3.63) is 35.6 Å². The fraction of sp³-hybridized carbons (Fsp3) is 0.417. The Morgan fingerprint density at radius 2 is 2.31 bits per heavy atom. The van der Waals surface area contributed by atoms with Gasteiger partial charge >= 0.3 is 5.97 Å². The van der Waals surface area contributed by atoms with E-state index in [-0.39, 0.29) is 23.6 Å². The van der Waals surface area contributed by atoms with Crippen LogP contribution in [-0.2, 0) is 9.53 Å². The van der Waals surface area contributed by atoms with Gasteiger partial charge in [0.05, 0.1) is 13.0 Å². The van der Waals surface area contributed by atoms with Crippen molar-refractivity contribution in [2.45, 2.75) is 5.92 Å². The Hall–Kier alpha value is -1.42. The molecule has 1 N–H and O–H groups in total. The van der Waals surface area contributed by atoms with Crippen molar-refractivity contribution >= 4 is 5.97 Å². The molecule has 1 saturated heterocycles. The zero-order valence-electron chi connectivity index (χ0n) is 9.07. The monoisotopic (exact) mass is 223 g/mol. The van der Waals surface area contributed by atoms with Gasteiger partial charge in [-0.05, 0) is 17.7 Å². The second-order valence-electron chi connectivity index (χ2n) is 3.97. The second-order valence-corrected chi connectivity index (χ2v) is 3.97. The Balaban J connectivity index is 2.27. The molecule has 3 nitrogen and oxygen atoms in total. The van der Waals surface area contributed by atoms with E-state index in [9.17, 15) is 9.18 Å². The smallest absolute Gasteiger partial charge is 0.313 e. The molecule has 0 bridgehead atoms. The molecule has 0 aromatic heterocycles. The molecular formula is C12H14FNO2. The van der Waals surface area contributed by atoms with Crippen LogP contribution in [0.3, 0.4) is 0 Å². The molecule has 86 valence electrons. The number of benzene rings is 1. The van der Waals surface area contributed by atoms with Crippen molar-refractivity contribution < 1.29 is 13.9 Å². The van der Waals surface area contributed by atoms with Gasteiger partial charge in [0.1, 0.15) is 5.82 Å². The molecule has 0 amide bonds. The molecule has 0 spiro atoms. The van der Waals surface area contributed by atoms with Crippen LogP contribution >= 0.6 is 0 Å². The predicted octanol–water partition coefficient (Wildman–Crippen LogP) is 1.30. The average Bonchev–Trinajstić information content (AvgIpc) is 2.22. The van der Waals surface area contributed by atoms with Crippen LogP contribution in [0.4, 0.5) is 4.39 Å². The standard InChI is InChI=1S/C12H14FNO2/c1-16-12(15)11(9-6-14-7-9)8-3-2-4-10(13)5-8/h2-5,9,11,14H,6-7H2,1H3. The highest BCUT2D eigenvalue weighted by Gasteiger charge is 2.34. The van der Waals surface area contributed by atoms with E-state index >= 15 is 0 Å². The quantitative estimate of drug-likeness (QED) is 0.785. The summed E-state index contributed by atoms with van der Waals surface area (Å²) in [5.74, 6) is -0.771. The van der Waals surface area contributed by atoms with Crippen molar-refractivity contribution in [1.82, 2.24) is 5.32 Å². The molecule has 0 aliphatic carbocycles. The summed E-state index contributed by atoms with van der Waals surface area (Å²) in [6, 6.07) is 6.16. The Labute approximate surface area is 93.6 Å². The first-order chi connectivity index (χ1) is 7.72. The molecule has 16 heavy (non-hydrogen) atoms. The van der Waals surface area contributed by atoms with E-state index in [1.807, 2.05) is 0 Å². The maximum absolute atomic E-state index is 13.1. The molecule has 1 fully saturated rings. The summed E-state index contributed by atoms with van der Waals surface area (Å²) in [6.07, 6.45) is 0. The van der Waals surface area contributed by atoms with Crippen LogP contribution < -0.4 is 5.32 Å². The summed E-state index contributed by atoms with van der Waals surface area (Å²) >= 11 is 0. The summed E-state index contributed by atoms with van der Waals surface area (Å²) < 4.78 is 17.9. The van der Waals surface area contributed by atoms with Gasteiger partial charge in [0.25, 0.3) is 0 Å². The first kappa shape index (κ1) is 11.1. The van der Waals surface area contributed by atoms with E-state index in [2.05, 4.69) is 5.32 Å². The molecule has 1 aromatic carbocycles. The summed E-state index contributed by atoms with van der Waals surface area (Å²) in [5.41, 5.74) is 0.693. The van der Waals surface area contributed by atoms with E-state index in [4.69, 9.17) is 4.74 Å². The van der Waals surface area contributed by atoms with E-state index in [0.717, 1.165) is 13.1 Å². The molecule has 1 aromatic rings. The lowest BCUT2D eigenvalue weighted by molar-refractivity contribution is -0.144. The highest BCUT2D eigenvalue weighted by molar-refractivity contribution is 5.78. The lowest BCUT2D eigenvalue weighted by Gasteiger charge is -2.33. The Bertz CT molecular complexity index is 390. The molecule has 4 heteroatoms. The Morgan fingerprint density at radius 1 is 1.56 bits per heavy atom. The number of halogens is 1. The lowest BCUT2D eigenvalue weighted by Crippen LogP contribution is -2.47. The minimum Gasteiger partial charge on any atom is -0.469 e. The van der Waals surface area contributed by atoms with Crippen molar-refractivity contribution in [3.63, 3.8) is 0 Å². The number of rotatable bonds is 3. The van der Waals surface area contributed by atoms with Crippen LogP contribution in [0.1, 0.15) is 11.5 Å². The number of hydrogen-bond acceptors (Lipinski definition) is 3. The first-order valence-electron chi connectivity index (χ1n) is 5.26. The number of carbonyl (C=O) groups is 1. The van der Waals surface area contributed by atoms with Crippen LogP contribution in [0.2, 0.25) is 0 Å². The van der Waals surface area contributed by atoms with E-state index in [1.54, 1.807) is 12.1 Å². The minimum absolute atomic E-state index is 0.203. The summed E-state index contributed by atoms with van der Waals surface area (Å²) in [7, 11) is 1.36. The zero-order valence-corrected chi connectivity index (χ0v) is 9.07. The van der Waals surface area contributed by atoms with Gasteiger partial charge in [-0.2, -0.15) is 0 Å². The zero-order chi connectivity index (χ0) is 11.5. The molecule has 1 heterocycles. The largest absolute Gasteiger partial charge is 0.469 e. The summed E-state index contributed by atoms with van der Waals surface area (Å²) in [4.78, 5) is 11.7. The van der Waals surface area contributed by atoms with Gasteiger partial charge in [-0.3, -0.25) is 4.79 Å². The Kier molecular flexibility index (Phi) is 3.19. The highest BCUT2D eigenvalue weighted by Crippen LogP contribution is 2.29. The van der Waals surface area contributed by atoms with Gasteiger partial charge < -0.3 is 10.1 Å². The number of esters is 1. The summed E-state index contributed by atoms with van der Waals surface area (Å²) in [5, 5.41) is 3.10. The van der Waals surface area contributed by atoms with E-state index in [1.165, 1.54) is 19.2 Å². The molecule has 1 unspecified atom stereocenters. The molecule has 1 aliphatic rings. The van der Waals surface area contributed by atoms with Crippen molar-refractivity contribution in [1.29, 1.82) is 0 Å². The molecule has 1 atom stereocenters. The number of hydrogen-bond donors (Lipinski definition) is 1. The van der Waals surface area contributed by atoms with Crippen LogP contribution in [-0.4, -0.2) is 26.2 Å². The van der Waals surface area contributed by atoms with E-state index < -0.39 is 0 Å². The van der Waals surface area contributed by atoms with Crippen LogP contribution in [0.15, 0.2) is 24.3 Å². The molecule has 2 rings (SSSR count). The SMILES string of the molecule is COC(=O)C(c1cccc(F)c1)C1CNC1. The third-order valence-electron chi connectivity index (χ3n) is 2.95. The maximum atomic E-state index is 13.1. The van der Waals surface area contributed by atoms with Crippen LogP contribution in [0.5, 0.6) is 0 Å². The fourth-order valence-corrected chi connectivity index (χ4v) is 1.97. The van der Waals surface area contributed by atoms with Gasteiger partial charge in [-0.1, -0.05) is 12.1 Å². The minimum atomic E-state index is -0.359. The number of carbonyl (C=O) groups excluding carboxylic acids is 1. The van der Waals surface area contributed by atoms with Crippen LogP contribution in [0, 0.1) is 11.7 Å². The van der Waals surface area contributed by atoms with Crippen molar-refractivity contribution in [2.75, 3.05) is 20.2 Å². The van der Waals surface area contributed by atoms with Gasteiger partial charge in [0, 0.05) is 19.0 Å². The Morgan fingerprint density at radius 3 is 2.81 bits per heavy atom.